The summed E-state index contributed by atoms with van der Waals surface area (Å²) in [4.78, 5) is 20.2. The van der Waals surface area contributed by atoms with Gasteiger partial charge < -0.3 is 0 Å². The van der Waals surface area contributed by atoms with Gasteiger partial charge in [0.25, 0.3) is 5.91 Å². The minimum Gasteiger partial charge on any atom is -0.274 e. The highest BCUT2D eigenvalue weighted by Crippen LogP contribution is 2.14. The molecular formula is C9H14N2O2S2. The number of nitrogens with zero attached hydrogens (tertiary/aromatic N) is 1. The minimum atomic E-state index is -0.103. The van der Waals surface area contributed by atoms with Crippen LogP contribution in [0.2, 0.25) is 0 Å². The van der Waals surface area contributed by atoms with E-state index in [-0.39, 0.29) is 5.91 Å². The number of hydrogen-bond donors (Lipinski definition) is 1. The van der Waals surface area contributed by atoms with Gasteiger partial charge in [0.05, 0.1) is 23.1 Å². The summed E-state index contributed by atoms with van der Waals surface area (Å²) in [6.45, 7) is 4.29. The molecule has 1 aromatic heterocycles. The van der Waals surface area contributed by atoms with E-state index in [0.717, 1.165) is 16.5 Å². The first kappa shape index (κ1) is 12.5. The van der Waals surface area contributed by atoms with Crippen LogP contribution < -0.4 is 5.48 Å². The average molecular weight is 246 g/mol. The van der Waals surface area contributed by atoms with Gasteiger partial charge in [0.15, 0.2) is 0 Å². The van der Waals surface area contributed by atoms with E-state index in [2.05, 4.69) is 10.5 Å². The highest BCUT2D eigenvalue weighted by Gasteiger charge is 2.03. The first-order valence-corrected chi connectivity index (χ1v) is 6.65. The lowest BCUT2D eigenvalue weighted by Crippen LogP contribution is -2.25. The Bertz CT molecular complexity index is 315. The predicted molar refractivity (Wildman–Crippen MR) is 62.8 cm³/mol. The maximum Gasteiger partial charge on any atom is 0.253 e. The third kappa shape index (κ3) is 5.15. The van der Waals surface area contributed by atoms with Gasteiger partial charge in [-0.1, -0.05) is 0 Å². The molecule has 0 fully saturated rings. The van der Waals surface area contributed by atoms with Gasteiger partial charge in [-0.3, -0.25) is 9.63 Å². The molecule has 15 heavy (non-hydrogen) atoms. The lowest BCUT2D eigenvalue weighted by atomic mass is 10.6. The molecule has 0 atom stereocenters. The zero-order valence-electron chi connectivity index (χ0n) is 8.78. The number of thiazole rings is 1. The molecule has 0 saturated carbocycles. The van der Waals surface area contributed by atoms with Crippen LogP contribution in [0.4, 0.5) is 0 Å². The van der Waals surface area contributed by atoms with Gasteiger partial charge in [0.2, 0.25) is 0 Å². The number of rotatable bonds is 6. The summed E-state index contributed by atoms with van der Waals surface area (Å²) in [5.74, 6) is 1.06. The Morgan fingerprint density at radius 1 is 1.73 bits per heavy atom. The van der Waals surface area contributed by atoms with E-state index in [4.69, 9.17) is 4.84 Å². The molecule has 0 aliphatic carbocycles. The van der Waals surface area contributed by atoms with Crippen LogP contribution in [-0.4, -0.2) is 23.3 Å². The molecule has 0 aromatic carbocycles. The number of hydroxylamine groups is 1. The highest BCUT2D eigenvalue weighted by atomic mass is 32.2. The lowest BCUT2D eigenvalue weighted by Gasteiger charge is -2.02. The van der Waals surface area contributed by atoms with E-state index in [1.807, 2.05) is 19.2 Å². The van der Waals surface area contributed by atoms with Gasteiger partial charge in [-0.2, -0.15) is 0 Å². The summed E-state index contributed by atoms with van der Waals surface area (Å²) in [5, 5.41) is 3.08. The van der Waals surface area contributed by atoms with E-state index in [0.29, 0.717) is 12.4 Å². The monoisotopic (exact) mass is 246 g/mol. The molecule has 1 N–H and O–H groups in total. The van der Waals surface area contributed by atoms with Crippen LogP contribution in [0.15, 0.2) is 5.38 Å². The zero-order chi connectivity index (χ0) is 11.1. The minimum absolute atomic E-state index is 0.103. The molecule has 4 nitrogen and oxygen atoms in total. The molecule has 0 bridgehead atoms. The van der Waals surface area contributed by atoms with Crippen molar-refractivity contribution in [3.05, 3.63) is 16.1 Å². The Balaban J connectivity index is 2.13. The SMILES string of the molecule is CCONC(=O)CSCc1csc(C)n1. The number of aryl methyl sites for hydroxylation is 1. The Labute approximate surface area is 97.4 Å². The van der Waals surface area contributed by atoms with Crippen LogP contribution in [0.25, 0.3) is 0 Å². The van der Waals surface area contributed by atoms with Crippen LogP contribution in [0, 0.1) is 6.92 Å². The fourth-order valence-electron chi connectivity index (χ4n) is 0.905. The van der Waals surface area contributed by atoms with Crippen LogP contribution in [0.3, 0.4) is 0 Å². The second-order valence-electron chi connectivity index (χ2n) is 2.81. The predicted octanol–water partition coefficient (Wildman–Crippen LogP) is 1.75. The summed E-state index contributed by atoms with van der Waals surface area (Å²) < 4.78 is 0. The third-order valence-corrected chi connectivity index (χ3v) is 3.27. The third-order valence-electron chi connectivity index (χ3n) is 1.48. The topological polar surface area (TPSA) is 51.2 Å². The Kier molecular flexibility index (Phi) is 5.67. The van der Waals surface area contributed by atoms with Crippen molar-refractivity contribution in [1.82, 2.24) is 10.5 Å². The number of aromatic nitrogens is 1. The first-order chi connectivity index (χ1) is 7.22. The summed E-state index contributed by atoms with van der Waals surface area (Å²) in [5.41, 5.74) is 3.38. The highest BCUT2D eigenvalue weighted by molar-refractivity contribution is 7.99. The van der Waals surface area contributed by atoms with Crippen molar-refractivity contribution in [2.45, 2.75) is 19.6 Å². The molecule has 0 saturated heterocycles. The Hall–Kier alpha value is -0.590. The van der Waals surface area contributed by atoms with Crippen molar-refractivity contribution >= 4 is 29.0 Å². The zero-order valence-corrected chi connectivity index (χ0v) is 10.4. The summed E-state index contributed by atoms with van der Waals surface area (Å²) in [6.07, 6.45) is 0. The molecule has 0 aliphatic rings. The molecule has 0 unspecified atom stereocenters. The number of thioether (sulfide) groups is 1. The largest absolute Gasteiger partial charge is 0.274 e. The molecule has 0 radical (unpaired) electrons. The summed E-state index contributed by atoms with van der Waals surface area (Å²) in [6, 6.07) is 0. The number of hydrogen-bond acceptors (Lipinski definition) is 5. The molecular weight excluding hydrogens is 232 g/mol. The molecule has 1 aromatic rings. The van der Waals surface area contributed by atoms with E-state index in [1.54, 1.807) is 11.3 Å². The fourth-order valence-corrected chi connectivity index (χ4v) is 2.33. The van der Waals surface area contributed by atoms with Crippen molar-refractivity contribution in [2.24, 2.45) is 0 Å². The maximum absolute atomic E-state index is 11.1. The van der Waals surface area contributed by atoms with Crippen LogP contribution in [-0.2, 0) is 15.4 Å². The van der Waals surface area contributed by atoms with Crippen LogP contribution in [0.1, 0.15) is 17.6 Å². The molecule has 0 aliphatic heterocycles. The lowest BCUT2D eigenvalue weighted by molar-refractivity contribution is -0.130. The van der Waals surface area contributed by atoms with Crippen molar-refractivity contribution in [3.8, 4) is 0 Å². The van der Waals surface area contributed by atoms with E-state index in [9.17, 15) is 4.79 Å². The van der Waals surface area contributed by atoms with Gasteiger partial charge in [0, 0.05) is 11.1 Å². The smallest absolute Gasteiger partial charge is 0.253 e. The fraction of sp³-hybridized carbons (Fsp3) is 0.556. The molecule has 84 valence electrons. The van der Waals surface area contributed by atoms with Gasteiger partial charge in [-0.25, -0.2) is 10.5 Å². The van der Waals surface area contributed by atoms with Crippen molar-refractivity contribution in [1.29, 1.82) is 0 Å². The average Bonchev–Trinajstić information content (AvgIpc) is 2.61. The second-order valence-corrected chi connectivity index (χ2v) is 4.86. The standard InChI is InChI=1S/C9H14N2O2S2/c1-3-13-11-9(12)6-14-4-8-5-15-7(2)10-8/h5H,3-4,6H2,1-2H3,(H,11,12). The molecule has 1 heterocycles. The molecule has 1 rings (SSSR count). The maximum atomic E-state index is 11.1. The van der Waals surface area contributed by atoms with Crippen LogP contribution in [0.5, 0.6) is 0 Å². The van der Waals surface area contributed by atoms with Crippen molar-refractivity contribution in [3.63, 3.8) is 0 Å². The van der Waals surface area contributed by atoms with E-state index in [1.165, 1.54) is 11.8 Å². The quantitative estimate of drug-likeness (QED) is 0.777. The number of carbonyl (C=O) groups is 1. The van der Waals surface area contributed by atoms with Gasteiger partial charge in [-0.15, -0.1) is 23.1 Å². The molecule has 6 heteroatoms. The van der Waals surface area contributed by atoms with Crippen LogP contribution >= 0.6 is 23.1 Å². The van der Waals surface area contributed by atoms with Gasteiger partial charge >= 0.3 is 0 Å². The second kappa shape index (κ2) is 6.81. The number of amides is 1. The number of nitrogens with one attached hydrogen (secondary N) is 1. The Morgan fingerprint density at radius 2 is 2.53 bits per heavy atom. The van der Waals surface area contributed by atoms with E-state index < -0.39 is 0 Å². The Morgan fingerprint density at radius 3 is 3.13 bits per heavy atom. The van der Waals surface area contributed by atoms with Gasteiger partial charge in [-0.05, 0) is 13.8 Å². The molecule has 0 spiro atoms. The molecule has 1 amide bonds. The first-order valence-electron chi connectivity index (χ1n) is 4.61. The summed E-state index contributed by atoms with van der Waals surface area (Å²) >= 11 is 3.16. The van der Waals surface area contributed by atoms with Gasteiger partial charge in [0.1, 0.15) is 0 Å². The van der Waals surface area contributed by atoms with E-state index >= 15 is 0 Å². The number of carbonyl (C=O) groups excluding carboxylic acids is 1. The normalized spacial score (nSPS) is 10.3. The van der Waals surface area contributed by atoms with Crippen molar-refractivity contribution < 1.29 is 9.63 Å². The summed E-state index contributed by atoms with van der Waals surface area (Å²) in [7, 11) is 0. The van der Waals surface area contributed by atoms with Crippen molar-refractivity contribution in [2.75, 3.05) is 12.4 Å².